The molecule has 11 heteroatoms. The van der Waals surface area contributed by atoms with Crippen molar-refractivity contribution in [3.8, 4) is 0 Å². The number of pyridine rings is 1. The smallest absolute Gasteiger partial charge is 0.261 e. The summed E-state index contributed by atoms with van der Waals surface area (Å²) in [5.41, 5.74) is 5.04. The van der Waals surface area contributed by atoms with Gasteiger partial charge in [0.15, 0.2) is 0 Å². The van der Waals surface area contributed by atoms with Crippen molar-refractivity contribution in [1.29, 1.82) is 0 Å². The molecule has 3 fully saturated rings. The van der Waals surface area contributed by atoms with E-state index < -0.39 is 0 Å². The standard InChI is InChI=1S/C40H42N6O4S/c1-3-26-21-30(36(41-22-26)45-23-40(24-45)17-19-50-20-18-40)37(47)42-29-13-11-27(12-14-29)39(49)46-25(2)35(44-31-9-4-5-10-32(31)46)33-15-16-34(51-33)38(48)43-28-7-6-8-28/h4-5,9-16,21-22,25,28H,3,6-8,17-20,23-24H2,1-2H3,(H,42,47)(H,43,48)/t25-/m1/s1. The van der Waals surface area contributed by atoms with Crippen molar-refractivity contribution in [1.82, 2.24) is 10.3 Å². The first-order valence-corrected chi connectivity index (χ1v) is 18.8. The van der Waals surface area contributed by atoms with Gasteiger partial charge in [-0.25, -0.2) is 9.98 Å². The molecule has 0 bridgehead atoms. The van der Waals surface area contributed by atoms with Gasteiger partial charge in [0.25, 0.3) is 17.7 Å². The second kappa shape index (κ2) is 13.7. The first kappa shape index (κ1) is 33.3. The van der Waals surface area contributed by atoms with Gasteiger partial charge in [-0.15, -0.1) is 11.3 Å². The minimum atomic E-state index is -0.383. The Morgan fingerprint density at radius 1 is 0.980 bits per heavy atom. The number of hydrogen-bond acceptors (Lipinski definition) is 8. The van der Waals surface area contributed by atoms with E-state index in [-0.39, 0.29) is 35.2 Å². The van der Waals surface area contributed by atoms with Gasteiger partial charge in [0, 0.05) is 55.2 Å². The number of anilines is 3. The number of amides is 3. The van der Waals surface area contributed by atoms with Crippen molar-refractivity contribution in [3.05, 3.63) is 99.4 Å². The third kappa shape index (κ3) is 6.45. The van der Waals surface area contributed by atoms with Crippen molar-refractivity contribution in [3.63, 3.8) is 0 Å². The van der Waals surface area contributed by atoms with E-state index in [0.717, 1.165) is 86.7 Å². The van der Waals surface area contributed by atoms with Crippen molar-refractivity contribution >= 4 is 57.7 Å². The summed E-state index contributed by atoms with van der Waals surface area (Å²) in [7, 11) is 0. The molecule has 10 nitrogen and oxygen atoms in total. The molecule has 8 rings (SSSR count). The van der Waals surface area contributed by atoms with E-state index in [1.54, 1.807) is 29.2 Å². The highest BCUT2D eigenvalue weighted by Gasteiger charge is 2.45. The average Bonchev–Trinajstić information content (AvgIpc) is 3.62. The molecule has 2 aromatic carbocycles. The number of nitrogens with one attached hydrogen (secondary N) is 2. The predicted octanol–water partition coefficient (Wildman–Crippen LogP) is 7.03. The monoisotopic (exact) mass is 702 g/mol. The summed E-state index contributed by atoms with van der Waals surface area (Å²) >= 11 is 1.40. The Labute approximate surface area is 301 Å². The summed E-state index contributed by atoms with van der Waals surface area (Å²) in [4.78, 5) is 56.0. The molecular formula is C40H42N6O4S. The van der Waals surface area contributed by atoms with E-state index in [0.29, 0.717) is 33.2 Å². The van der Waals surface area contributed by atoms with E-state index in [1.807, 2.05) is 55.6 Å². The minimum absolute atomic E-state index is 0.0602. The van der Waals surface area contributed by atoms with Gasteiger partial charge in [0.2, 0.25) is 0 Å². The van der Waals surface area contributed by atoms with Crippen LogP contribution in [0, 0.1) is 5.41 Å². The highest BCUT2D eigenvalue weighted by atomic mass is 32.1. The van der Waals surface area contributed by atoms with Crippen LogP contribution in [0.2, 0.25) is 0 Å². The van der Waals surface area contributed by atoms with E-state index in [9.17, 15) is 14.4 Å². The van der Waals surface area contributed by atoms with Crippen LogP contribution in [0.4, 0.5) is 22.9 Å². The maximum atomic E-state index is 14.2. The number of para-hydroxylation sites is 2. The fourth-order valence-electron chi connectivity index (χ4n) is 7.45. The van der Waals surface area contributed by atoms with E-state index in [4.69, 9.17) is 14.7 Å². The van der Waals surface area contributed by atoms with Crippen LogP contribution in [0.3, 0.4) is 0 Å². The molecule has 262 valence electrons. The molecule has 0 unspecified atom stereocenters. The maximum Gasteiger partial charge on any atom is 0.261 e. The molecule has 0 radical (unpaired) electrons. The number of carbonyl (C=O) groups excluding carboxylic acids is 3. The number of hydrogen-bond donors (Lipinski definition) is 2. The summed E-state index contributed by atoms with van der Waals surface area (Å²) in [6.45, 7) is 7.34. The Morgan fingerprint density at radius 2 is 1.75 bits per heavy atom. The Balaban J connectivity index is 0.992. The lowest BCUT2D eigenvalue weighted by atomic mass is 9.73. The Hall–Kier alpha value is -4.87. The Bertz CT molecular complexity index is 2000. The fourth-order valence-corrected chi connectivity index (χ4v) is 8.43. The molecule has 2 aromatic heterocycles. The molecule has 4 aliphatic rings. The Kier molecular flexibility index (Phi) is 8.93. The van der Waals surface area contributed by atoms with E-state index in [1.165, 1.54) is 11.3 Å². The normalized spacial score (nSPS) is 19.4. The summed E-state index contributed by atoms with van der Waals surface area (Å²) < 4.78 is 5.58. The van der Waals surface area contributed by atoms with Crippen LogP contribution in [0.15, 0.2) is 77.9 Å². The summed E-state index contributed by atoms with van der Waals surface area (Å²) in [6, 6.07) is 20.2. The maximum absolute atomic E-state index is 14.2. The van der Waals surface area contributed by atoms with Crippen molar-refractivity contribution in [2.45, 2.75) is 64.5 Å². The number of aryl methyl sites for hydroxylation is 1. The lowest BCUT2D eigenvalue weighted by Crippen LogP contribution is -2.59. The quantitative estimate of drug-likeness (QED) is 0.204. The first-order valence-electron chi connectivity index (χ1n) is 18.0. The molecule has 1 aliphatic carbocycles. The number of thiophene rings is 1. The third-order valence-corrected chi connectivity index (χ3v) is 11.9. The summed E-state index contributed by atoms with van der Waals surface area (Å²) in [6.07, 6.45) is 7.91. The van der Waals surface area contributed by atoms with Crippen LogP contribution < -0.4 is 20.4 Å². The SMILES string of the molecule is CCc1cnc(N2CC3(CCOCC3)C2)c(C(=O)Nc2ccc(C(=O)N3c4ccccc4N=C(c4ccc(C(=O)NC5CCC5)s4)[C@H]3C)cc2)c1. The highest BCUT2D eigenvalue weighted by molar-refractivity contribution is 7.16. The van der Waals surface area contributed by atoms with E-state index in [2.05, 4.69) is 22.5 Å². The molecule has 5 heterocycles. The highest BCUT2D eigenvalue weighted by Crippen LogP contribution is 2.43. The van der Waals surface area contributed by atoms with Crippen LogP contribution in [-0.4, -0.2) is 66.8 Å². The molecule has 1 spiro atoms. The second-order valence-electron chi connectivity index (χ2n) is 14.2. The summed E-state index contributed by atoms with van der Waals surface area (Å²) in [5.74, 6) is 0.244. The van der Waals surface area contributed by atoms with E-state index >= 15 is 0 Å². The van der Waals surface area contributed by atoms with Gasteiger partial charge in [0.1, 0.15) is 5.82 Å². The van der Waals surface area contributed by atoms with Gasteiger partial charge in [-0.05, 0) is 106 Å². The summed E-state index contributed by atoms with van der Waals surface area (Å²) in [5, 5.41) is 6.16. The number of aromatic nitrogens is 1. The number of fused-ring (bicyclic) bond motifs is 1. The zero-order chi connectivity index (χ0) is 35.1. The predicted molar refractivity (Wildman–Crippen MR) is 201 cm³/mol. The Morgan fingerprint density at radius 3 is 2.47 bits per heavy atom. The zero-order valence-corrected chi connectivity index (χ0v) is 29.8. The lowest BCUT2D eigenvalue weighted by molar-refractivity contribution is -0.000511. The van der Waals surface area contributed by atoms with Crippen LogP contribution >= 0.6 is 11.3 Å². The molecule has 1 saturated carbocycles. The fraction of sp³-hybridized carbons (Fsp3) is 0.375. The van der Waals surface area contributed by atoms with Crippen molar-refractivity contribution in [2.24, 2.45) is 10.4 Å². The molecule has 4 aromatic rings. The van der Waals surface area contributed by atoms with Crippen LogP contribution in [0.5, 0.6) is 0 Å². The van der Waals surface area contributed by atoms with Crippen LogP contribution in [0.25, 0.3) is 0 Å². The van der Waals surface area contributed by atoms with Gasteiger partial charge in [0.05, 0.1) is 38.4 Å². The molecule has 51 heavy (non-hydrogen) atoms. The zero-order valence-electron chi connectivity index (χ0n) is 29.0. The number of aliphatic imine (C=N–C) groups is 1. The number of nitrogens with zero attached hydrogens (tertiary/aromatic N) is 4. The number of ether oxygens (including phenoxy) is 1. The molecule has 2 saturated heterocycles. The first-order chi connectivity index (χ1) is 24.8. The van der Waals surface area contributed by atoms with Gasteiger partial charge in [-0.3, -0.25) is 19.3 Å². The van der Waals surface area contributed by atoms with Crippen molar-refractivity contribution in [2.75, 3.05) is 41.4 Å². The molecular weight excluding hydrogens is 661 g/mol. The van der Waals surface area contributed by atoms with Gasteiger partial charge < -0.3 is 20.3 Å². The minimum Gasteiger partial charge on any atom is -0.381 e. The average molecular weight is 703 g/mol. The van der Waals surface area contributed by atoms with Crippen molar-refractivity contribution < 1.29 is 19.1 Å². The molecule has 2 N–H and O–H groups in total. The molecule has 1 atom stereocenters. The number of rotatable bonds is 8. The van der Waals surface area contributed by atoms with Gasteiger partial charge >= 0.3 is 0 Å². The lowest BCUT2D eigenvalue weighted by Gasteiger charge is -2.53. The number of carbonyl (C=O) groups is 3. The largest absolute Gasteiger partial charge is 0.381 e. The van der Waals surface area contributed by atoms with Gasteiger partial charge in [-0.2, -0.15) is 0 Å². The second-order valence-corrected chi connectivity index (χ2v) is 15.3. The van der Waals surface area contributed by atoms with Gasteiger partial charge in [-0.1, -0.05) is 19.1 Å². The molecule has 3 amide bonds. The number of benzene rings is 2. The van der Waals surface area contributed by atoms with Crippen LogP contribution in [-0.2, 0) is 11.2 Å². The molecule has 3 aliphatic heterocycles. The third-order valence-electron chi connectivity index (χ3n) is 10.8. The topological polar surface area (TPSA) is 116 Å². The van der Waals surface area contributed by atoms with Crippen LogP contribution in [0.1, 0.15) is 86.8 Å².